The van der Waals surface area contributed by atoms with Crippen molar-refractivity contribution in [3.05, 3.63) is 41.4 Å². The van der Waals surface area contributed by atoms with Gasteiger partial charge in [0.2, 0.25) is 0 Å². The molecule has 0 bridgehead atoms. The Hall–Kier alpha value is -0.990. The van der Waals surface area contributed by atoms with Crippen molar-refractivity contribution in [2.45, 2.75) is 25.5 Å². The van der Waals surface area contributed by atoms with E-state index in [1.807, 2.05) is 24.3 Å². The molecule has 0 unspecified atom stereocenters. The molecule has 0 heterocycles. The Morgan fingerprint density at radius 3 is 2.75 bits per heavy atom. The van der Waals surface area contributed by atoms with Crippen LogP contribution in [0.1, 0.15) is 18.4 Å². The molecule has 0 atom stereocenters. The van der Waals surface area contributed by atoms with Crippen molar-refractivity contribution in [2.24, 2.45) is 0 Å². The van der Waals surface area contributed by atoms with E-state index in [0.29, 0.717) is 11.1 Å². The van der Waals surface area contributed by atoms with Gasteiger partial charge in [0.15, 0.2) is 0 Å². The number of benzene rings is 1. The van der Waals surface area contributed by atoms with Crippen molar-refractivity contribution in [3.63, 3.8) is 0 Å². The number of nitrogens with zero attached hydrogens (tertiary/aromatic N) is 1. The van der Waals surface area contributed by atoms with Crippen LogP contribution in [0.2, 0.25) is 5.02 Å². The van der Waals surface area contributed by atoms with Crippen LogP contribution in [0.4, 0.5) is 5.69 Å². The molecule has 0 radical (unpaired) electrons. The Morgan fingerprint density at radius 2 is 2.25 bits per heavy atom. The Morgan fingerprint density at radius 1 is 1.50 bits per heavy atom. The highest BCUT2D eigenvalue weighted by atomic mass is 35.5. The van der Waals surface area contributed by atoms with Crippen LogP contribution in [-0.2, 0) is 6.61 Å². The molecule has 1 aliphatic rings. The molecule has 2 rings (SSSR count). The molecule has 1 saturated carbocycles. The molecule has 1 N–H and O–H groups in total. The fourth-order valence-electron chi connectivity index (χ4n) is 1.85. The smallest absolute Gasteiger partial charge is 0.0682 e. The molecule has 16 heavy (non-hydrogen) atoms. The van der Waals surface area contributed by atoms with Crippen molar-refractivity contribution in [2.75, 3.05) is 11.4 Å². The summed E-state index contributed by atoms with van der Waals surface area (Å²) in [5.74, 6) is 0. The van der Waals surface area contributed by atoms with E-state index in [0.717, 1.165) is 17.8 Å². The molecular weight excluding hydrogens is 222 g/mol. The van der Waals surface area contributed by atoms with E-state index in [1.54, 1.807) is 0 Å². The largest absolute Gasteiger partial charge is 0.392 e. The Bertz CT molecular complexity index is 388. The lowest BCUT2D eigenvalue weighted by atomic mass is 10.2. The van der Waals surface area contributed by atoms with Crippen molar-refractivity contribution in [3.8, 4) is 0 Å². The number of hydrogen-bond acceptors (Lipinski definition) is 2. The molecule has 0 aromatic heterocycles. The number of aliphatic hydroxyl groups excluding tert-OH is 1. The summed E-state index contributed by atoms with van der Waals surface area (Å²) >= 11 is 6.22. The van der Waals surface area contributed by atoms with E-state index in [-0.39, 0.29) is 6.61 Å². The molecule has 1 aromatic rings. The van der Waals surface area contributed by atoms with Gasteiger partial charge in [-0.1, -0.05) is 23.7 Å². The first-order chi connectivity index (χ1) is 7.76. The maximum Gasteiger partial charge on any atom is 0.0682 e. The molecule has 1 aromatic carbocycles. The van der Waals surface area contributed by atoms with E-state index in [4.69, 9.17) is 16.7 Å². The topological polar surface area (TPSA) is 23.5 Å². The average molecular weight is 238 g/mol. The maximum absolute atomic E-state index is 9.03. The van der Waals surface area contributed by atoms with E-state index < -0.39 is 0 Å². The third-order valence-corrected chi connectivity index (χ3v) is 3.12. The van der Waals surface area contributed by atoms with Crippen LogP contribution < -0.4 is 4.90 Å². The van der Waals surface area contributed by atoms with Crippen LogP contribution >= 0.6 is 11.6 Å². The van der Waals surface area contributed by atoms with Crippen molar-refractivity contribution in [1.82, 2.24) is 0 Å². The number of rotatable bonds is 5. The SMILES string of the molecule is C=CCN(c1ccc(CO)cc1Cl)C1CC1. The maximum atomic E-state index is 9.03. The molecule has 3 heteroatoms. The van der Waals surface area contributed by atoms with E-state index in [2.05, 4.69) is 11.5 Å². The van der Waals surface area contributed by atoms with E-state index >= 15 is 0 Å². The average Bonchev–Trinajstić information content (AvgIpc) is 3.10. The lowest BCUT2D eigenvalue weighted by Crippen LogP contribution is -2.25. The van der Waals surface area contributed by atoms with Crippen LogP contribution in [0.3, 0.4) is 0 Å². The van der Waals surface area contributed by atoms with Crippen LogP contribution in [0.15, 0.2) is 30.9 Å². The second kappa shape index (κ2) is 4.89. The fraction of sp³-hybridized carbons (Fsp3) is 0.385. The van der Waals surface area contributed by atoms with Gasteiger partial charge in [0.1, 0.15) is 0 Å². The van der Waals surface area contributed by atoms with Crippen LogP contribution in [-0.4, -0.2) is 17.7 Å². The first-order valence-electron chi connectivity index (χ1n) is 5.53. The zero-order valence-corrected chi connectivity index (χ0v) is 9.95. The Balaban J connectivity index is 2.26. The highest BCUT2D eigenvalue weighted by Gasteiger charge is 2.29. The second-order valence-electron chi connectivity index (χ2n) is 4.12. The molecule has 0 amide bonds. The lowest BCUT2D eigenvalue weighted by molar-refractivity contribution is 0.282. The van der Waals surface area contributed by atoms with Gasteiger partial charge in [-0.05, 0) is 30.5 Å². The number of halogens is 1. The molecule has 1 fully saturated rings. The summed E-state index contributed by atoms with van der Waals surface area (Å²) in [5.41, 5.74) is 1.89. The van der Waals surface area contributed by atoms with Gasteiger partial charge < -0.3 is 10.0 Å². The number of anilines is 1. The second-order valence-corrected chi connectivity index (χ2v) is 4.52. The molecule has 0 spiro atoms. The first-order valence-corrected chi connectivity index (χ1v) is 5.91. The van der Waals surface area contributed by atoms with Gasteiger partial charge >= 0.3 is 0 Å². The van der Waals surface area contributed by atoms with Crippen molar-refractivity contribution < 1.29 is 5.11 Å². The third-order valence-electron chi connectivity index (χ3n) is 2.82. The molecule has 0 aliphatic heterocycles. The minimum absolute atomic E-state index is 0.0326. The van der Waals surface area contributed by atoms with E-state index in [9.17, 15) is 0 Å². The quantitative estimate of drug-likeness (QED) is 0.796. The van der Waals surface area contributed by atoms with Crippen LogP contribution in [0.5, 0.6) is 0 Å². The summed E-state index contributed by atoms with van der Waals surface area (Å²) in [5, 5.41) is 9.74. The normalized spacial score (nSPS) is 14.9. The van der Waals surface area contributed by atoms with Gasteiger partial charge in [0, 0.05) is 12.6 Å². The highest BCUT2D eigenvalue weighted by Crippen LogP contribution is 2.35. The zero-order valence-electron chi connectivity index (χ0n) is 9.19. The summed E-state index contributed by atoms with van der Waals surface area (Å²) in [4.78, 5) is 2.27. The molecule has 1 aliphatic carbocycles. The van der Waals surface area contributed by atoms with Gasteiger partial charge in [-0.15, -0.1) is 6.58 Å². The van der Waals surface area contributed by atoms with Gasteiger partial charge in [-0.3, -0.25) is 0 Å². The van der Waals surface area contributed by atoms with Crippen molar-refractivity contribution >= 4 is 17.3 Å². The molecule has 86 valence electrons. The molecule has 0 saturated heterocycles. The zero-order chi connectivity index (χ0) is 11.5. The van der Waals surface area contributed by atoms with Gasteiger partial charge in [-0.2, -0.15) is 0 Å². The lowest BCUT2D eigenvalue weighted by Gasteiger charge is -2.24. The predicted octanol–water partition coefficient (Wildman–Crippen LogP) is 2.99. The Kier molecular flexibility index (Phi) is 3.52. The summed E-state index contributed by atoms with van der Waals surface area (Å²) < 4.78 is 0. The summed E-state index contributed by atoms with van der Waals surface area (Å²) in [6.07, 6.45) is 4.35. The number of hydrogen-bond donors (Lipinski definition) is 1. The molecular formula is C13H16ClNO. The van der Waals surface area contributed by atoms with Crippen LogP contribution in [0, 0.1) is 0 Å². The van der Waals surface area contributed by atoms with Gasteiger partial charge in [0.05, 0.1) is 17.3 Å². The van der Waals surface area contributed by atoms with Gasteiger partial charge in [-0.25, -0.2) is 0 Å². The van der Waals surface area contributed by atoms with E-state index in [1.165, 1.54) is 12.8 Å². The minimum Gasteiger partial charge on any atom is -0.392 e. The van der Waals surface area contributed by atoms with Gasteiger partial charge in [0.25, 0.3) is 0 Å². The highest BCUT2D eigenvalue weighted by molar-refractivity contribution is 6.33. The molecule has 2 nitrogen and oxygen atoms in total. The first kappa shape index (κ1) is 11.5. The standard InChI is InChI=1S/C13H16ClNO/c1-2-7-15(11-4-5-11)13-6-3-10(9-16)8-12(13)14/h2-3,6,8,11,16H,1,4-5,7,9H2. The number of aliphatic hydroxyl groups is 1. The monoisotopic (exact) mass is 237 g/mol. The predicted molar refractivity (Wildman–Crippen MR) is 67.9 cm³/mol. The summed E-state index contributed by atoms with van der Waals surface area (Å²) in [7, 11) is 0. The fourth-order valence-corrected chi connectivity index (χ4v) is 2.16. The summed E-state index contributed by atoms with van der Waals surface area (Å²) in [6, 6.07) is 6.33. The Labute approximate surface area is 101 Å². The third kappa shape index (κ3) is 2.39. The van der Waals surface area contributed by atoms with Crippen LogP contribution in [0.25, 0.3) is 0 Å². The van der Waals surface area contributed by atoms with Crippen molar-refractivity contribution in [1.29, 1.82) is 0 Å². The summed E-state index contributed by atoms with van der Waals surface area (Å²) in [6.45, 7) is 4.63. The minimum atomic E-state index is 0.0326.